The predicted octanol–water partition coefficient (Wildman–Crippen LogP) is 6.79. The highest BCUT2D eigenvalue weighted by Gasteiger charge is 2.54. The Morgan fingerprint density at radius 2 is 1.28 bits per heavy atom. The van der Waals surface area contributed by atoms with Gasteiger partial charge in [-0.05, 0) is 28.8 Å². The maximum Gasteiger partial charge on any atom is 0.152 e. The van der Waals surface area contributed by atoms with Gasteiger partial charge in [0.15, 0.2) is 7.14 Å². The first-order valence-electron chi connectivity index (χ1n) is 8.34. The van der Waals surface area contributed by atoms with E-state index in [4.69, 9.17) is 0 Å². The Bertz CT molecular complexity index is 939. The van der Waals surface area contributed by atoms with Crippen LogP contribution >= 0.6 is 7.14 Å². The monoisotopic (exact) mass is 348 g/mol. The zero-order chi connectivity index (χ0) is 17.4. The summed E-state index contributed by atoms with van der Waals surface area (Å²) in [6, 6.07) is 26.2. The second kappa shape index (κ2) is 6.13. The lowest BCUT2D eigenvalue weighted by Gasteiger charge is -2.14. The van der Waals surface area contributed by atoms with E-state index in [0.29, 0.717) is 0 Å². The van der Waals surface area contributed by atoms with Crippen LogP contribution in [0.1, 0.15) is 29.3 Å². The molecule has 3 aromatic carbocycles. The molecule has 3 aromatic rings. The van der Waals surface area contributed by atoms with Crippen LogP contribution in [-0.4, -0.2) is 0 Å². The van der Waals surface area contributed by atoms with E-state index in [0.717, 1.165) is 27.3 Å². The van der Waals surface area contributed by atoms with Gasteiger partial charge >= 0.3 is 0 Å². The number of halogens is 1. The summed E-state index contributed by atoms with van der Waals surface area (Å²) in [5.74, 6) is -0.291. The molecule has 3 heteroatoms. The lowest BCUT2D eigenvalue weighted by Crippen LogP contribution is -1.91. The van der Waals surface area contributed by atoms with E-state index < -0.39 is 7.14 Å². The summed E-state index contributed by atoms with van der Waals surface area (Å²) in [5.41, 5.74) is 2.53. The average molecular weight is 348 g/mol. The second-order valence-electron chi connectivity index (χ2n) is 6.32. The molecule has 1 atom stereocenters. The summed E-state index contributed by atoms with van der Waals surface area (Å²) < 4.78 is 27.7. The van der Waals surface area contributed by atoms with E-state index in [1.54, 1.807) is 6.07 Å². The Hall–Kier alpha value is -2.44. The Balaban J connectivity index is 1.82. The number of hydrogen-bond acceptors (Lipinski definition) is 1. The molecule has 0 aliphatic carbocycles. The highest BCUT2D eigenvalue weighted by atomic mass is 31.2. The molecule has 1 aliphatic rings. The molecule has 0 saturated heterocycles. The first-order valence-corrected chi connectivity index (χ1v) is 10.1. The van der Waals surface area contributed by atoms with Crippen LogP contribution in [0.15, 0.2) is 84.9 Å². The molecule has 1 unspecified atom stereocenters. The van der Waals surface area contributed by atoms with Gasteiger partial charge < -0.3 is 4.57 Å². The summed E-state index contributed by atoms with van der Waals surface area (Å²) in [5, 5.41) is 1.85. The molecule has 0 bridgehead atoms. The maximum atomic E-state index is 14.0. The van der Waals surface area contributed by atoms with Gasteiger partial charge in [0.1, 0.15) is 5.82 Å². The van der Waals surface area contributed by atoms with Crippen molar-refractivity contribution in [3.63, 3.8) is 0 Å². The quantitative estimate of drug-likeness (QED) is 0.474. The van der Waals surface area contributed by atoms with Crippen molar-refractivity contribution >= 4 is 17.8 Å². The molecule has 124 valence electrons. The van der Waals surface area contributed by atoms with Gasteiger partial charge in [0.25, 0.3) is 0 Å². The molecular formula is C22H18FOP. The molecule has 1 nitrogen and oxygen atoms in total. The van der Waals surface area contributed by atoms with Gasteiger partial charge in [0.05, 0.1) is 0 Å². The molecule has 0 aromatic heterocycles. The topological polar surface area (TPSA) is 17.1 Å². The lowest BCUT2D eigenvalue weighted by atomic mass is 10.1. The fraction of sp³-hybridized carbons (Fsp3) is 0.0909. The summed E-state index contributed by atoms with van der Waals surface area (Å²) in [6.07, 6.45) is 0. The SMILES string of the molecule is CC(c1cccc(F)c1)P1(=O)C(c2ccccc2)=C1c1ccccc1. The van der Waals surface area contributed by atoms with Crippen molar-refractivity contribution in [2.45, 2.75) is 12.6 Å². The summed E-state index contributed by atoms with van der Waals surface area (Å²) in [6.45, 7) is 1.94. The van der Waals surface area contributed by atoms with E-state index in [1.165, 1.54) is 12.1 Å². The largest absolute Gasteiger partial charge is 0.313 e. The van der Waals surface area contributed by atoms with Gasteiger partial charge in [0.2, 0.25) is 0 Å². The molecule has 4 rings (SSSR count). The van der Waals surface area contributed by atoms with Gasteiger partial charge in [-0.3, -0.25) is 0 Å². The summed E-state index contributed by atoms with van der Waals surface area (Å²) >= 11 is 0. The van der Waals surface area contributed by atoms with Crippen molar-refractivity contribution in [3.05, 3.63) is 107 Å². The predicted molar refractivity (Wildman–Crippen MR) is 102 cm³/mol. The summed E-state index contributed by atoms with van der Waals surface area (Å²) in [7, 11) is -2.75. The molecule has 1 aliphatic heterocycles. The van der Waals surface area contributed by atoms with Crippen LogP contribution in [-0.2, 0) is 4.57 Å². The molecule has 0 fully saturated rings. The molecule has 0 amide bonds. The van der Waals surface area contributed by atoms with Crippen LogP contribution in [0.2, 0.25) is 0 Å². The van der Waals surface area contributed by atoms with E-state index in [2.05, 4.69) is 0 Å². The van der Waals surface area contributed by atoms with Crippen molar-refractivity contribution < 1.29 is 8.96 Å². The van der Waals surface area contributed by atoms with Crippen LogP contribution in [0.25, 0.3) is 10.6 Å². The third kappa shape index (κ3) is 2.67. The first-order chi connectivity index (χ1) is 12.1. The fourth-order valence-electron chi connectivity index (χ4n) is 3.46. The van der Waals surface area contributed by atoms with Crippen molar-refractivity contribution in [2.24, 2.45) is 0 Å². The number of hydrogen-bond donors (Lipinski definition) is 0. The van der Waals surface area contributed by atoms with E-state index >= 15 is 0 Å². The average Bonchev–Trinajstić information content (AvgIpc) is 3.29. The van der Waals surface area contributed by atoms with E-state index in [1.807, 2.05) is 73.7 Å². The summed E-state index contributed by atoms with van der Waals surface area (Å²) in [4.78, 5) is 0. The van der Waals surface area contributed by atoms with Crippen LogP contribution < -0.4 is 0 Å². The van der Waals surface area contributed by atoms with Crippen LogP contribution in [0.5, 0.6) is 0 Å². The zero-order valence-electron chi connectivity index (χ0n) is 13.9. The standard InChI is InChI=1S/C22H18FOP/c1-16(19-13-8-14-20(23)15-19)25(24)21(17-9-4-2-5-10-17)22(25)18-11-6-3-7-12-18/h2-16H,1H3. The molecule has 25 heavy (non-hydrogen) atoms. The molecular weight excluding hydrogens is 330 g/mol. The normalized spacial score (nSPS) is 16.6. The molecule has 0 N–H and O–H groups in total. The number of benzene rings is 3. The molecule has 0 radical (unpaired) electrons. The van der Waals surface area contributed by atoms with Crippen LogP contribution in [0.4, 0.5) is 4.39 Å². The van der Waals surface area contributed by atoms with Gasteiger partial charge in [-0.2, -0.15) is 0 Å². The Morgan fingerprint density at radius 3 is 1.76 bits per heavy atom. The minimum absolute atomic E-state index is 0.242. The minimum Gasteiger partial charge on any atom is -0.313 e. The molecule has 0 saturated carbocycles. The molecule has 0 spiro atoms. The van der Waals surface area contributed by atoms with Crippen LogP contribution in [0.3, 0.4) is 0 Å². The Morgan fingerprint density at radius 1 is 0.760 bits per heavy atom. The number of rotatable bonds is 4. The van der Waals surface area contributed by atoms with Gasteiger partial charge in [-0.15, -0.1) is 0 Å². The maximum absolute atomic E-state index is 14.0. The molecule has 1 heterocycles. The van der Waals surface area contributed by atoms with Crippen LogP contribution in [0, 0.1) is 5.82 Å². The van der Waals surface area contributed by atoms with E-state index in [9.17, 15) is 8.96 Å². The highest BCUT2D eigenvalue weighted by molar-refractivity contribution is 7.94. The lowest BCUT2D eigenvalue weighted by molar-refractivity contribution is 0.584. The van der Waals surface area contributed by atoms with Gasteiger partial charge in [0, 0.05) is 16.3 Å². The van der Waals surface area contributed by atoms with Crippen molar-refractivity contribution in [1.82, 2.24) is 0 Å². The van der Waals surface area contributed by atoms with Crippen molar-refractivity contribution in [3.8, 4) is 0 Å². The zero-order valence-corrected chi connectivity index (χ0v) is 14.8. The minimum atomic E-state index is -2.75. The Kier molecular flexibility index (Phi) is 3.94. The third-order valence-corrected chi connectivity index (χ3v) is 8.27. The van der Waals surface area contributed by atoms with Gasteiger partial charge in [-0.25, -0.2) is 4.39 Å². The second-order valence-corrected chi connectivity index (χ2v) is 9.30. The highest BCUT2D eigenvalue weighted by Crippen LogP contribution is 2.90. The first kappa shape index (κ1) is 16.1. The Labute approximate surface area is 147 Å². The van der Waals surface area contributed by atoms with Crippen molar-refractivity contribution in [2.75, 3.05) is 0 Å². The third-order valence-electron chi connectivity index (χ3n) is 4.81. The van der Waals surface area contributed by atoms with Gasteiger partial charge in [-0.1, -0.05) is 79.7 Å². The fourth-order valence-corrected chi connectivity index (χ4v) is 6.92. The van der Waals surface area contributed by atoms with E-state index in [-0.39, 0.29) is 11.5 Å². The smallest absolute Gasteiger partial charge is 0.152 e. The van der Waals surface area contributed by atoms with Crippen molar-refractivity contribution in [1.29, 1.82) is 0 Å².